The zero-order valence-corrected chi connectivity index (χ0v) is 9.10. The van der Waals surface area contributed by atoms with E-state index in [0.29, 0.717) is 11.3 Å². The third-order valence-corrected chi connectivity index (χ3v) is 2.32. The largest absolute Gasteiger partial charge is 0.398 e. The number of hydrogen-bond donors (Lipinski definition) is 4. The second-order valence-electron chi connectivity index (χ2n) is 3.61. The molecular formula is C11H16N2O3. The number of anilines is 1. The lowest BCUT2D eigenvalue weighted by Crippen LogP contribution is -2.40. The third kappa shape index (κ3) is 2.95. The molecule has 0 unspecified atom stereocenters. The van der Waals surface area contributed by atoms with Crippen LogP contribution in [0, 0.1) is 6.92 Å². The van der Waals surface area contributed by atoms with Crippen LogP contribution in [-0.2, 0) is 0 Å². The first kappa shape index (κ1) is 12.5. The molecule has 5 heteroatoms. The molecule has 0 aliphatic rings. The highest BCUT2D eigenvalue weighted by atomic mass is 16.3. The molecule has 0 spiro atoms. The van der Waals surface area contributed by atoms with E-state index in [-0.39, 0.29) is 19.1 Å². The maximum absolute atomic E-state index is 11.6. The number of hydrogen-bond acceptors (Lipinski definition) is 4. The summed E-state index contributed by atoms with van der Waals surface area (Å²) in [5.74, 6) is -0.361. The van der Waals surface area contributed by atoms with Crippen LogP contribution in [0.25, 0.3) is 0 Å². The second kappa shape index (κ2) is 5.48. The van der Waals surface area contributed by atoms with Crippen LogP contribution in [0.4, 0.5) is 5.69 Å². The monoisotopic (exact) mass is 224 g/mol. The molecule has 0 atom stereocenters. The number of nitrogens with one attached hydrogen (secondary N) is 1. The summed E-state index contributed by atoms with van der Waals surface area (Å²) >= 11 is 0. The van der Waals surface area contributed by atoms with Gasteiger partial charge in [0.15, 0.2) is 0 Å². The Bertz CT molecular complexity index is 375. The minimum atomic E-state index is -0.643. The van der Waals surface area contributed by atoms with Gasteiger partial charge in [0.2, 0.25) is 0 Å². The third-order valence-electron chi connectivity index (χ3n) is 2.32. The molecule has 0 heterocycles. The standard InChI is InChI=1S/C11H16N2O3/c1-7-2-3-8(4-10(7)12)11(16)13-9(5-14)6-15/h2-4,9,14-15H,5-6,12H2,1H3,(H,13,16). The molecule has 0 aliphatic carbocycles. The van der Waals surface area contributed by atoms with Crippen LogP contribution in [0.3, 0.4) is 0 Å². The van der Waals surface area contributed by atoms with Gasteiger partial charge in [-0.1, -0.05) is 6.07 Å². The summed E-state index contributed by atoms with van der Waals surface area (Å²) in [4.78, 5) is 11.6. The van der Waals surface area contributed by atoms with Gasteiger partial charge in [-0.05, 0) is 24.6 Å². The number of benzene rings is 1. The Labute approximate surface area is 93.9 Å². The summed E-state index contributed by atoms with van der Waals surface area (Å²) in [5.41, 5.74) is 7.53. The van der Waals surface area contributed by atoms with Gasteiger partial charge in [-0.15, -0.1) is 0 Å². The number of carbonyl (C=O) groups excluding carboxylic acids is 1. The predicted molar refractivity (Wildman–Crippen MR) is 61.0 cm³/mol. The maximum Gasteiger partial charge on any atom is 0.251 e. The molecule has 0 aromatic heterocycles. The molecule has 5 nitrogen and oxygen atoms in total. The lowest BCUT2D eigenvalue weighted by molar-refractivity contribution is 0.0879. The van der Waals surface area contributed by atoms with Crippen molar-refractivity contribution in [2.24, 2.45) is 0 Å². The lowest BCUT2D eigenvalue weighted by atomic mass is 10.1. The van der Waals surface area contributed by atoms with Gasteiger partial charge in [0, 0.05) is 11.3 Å². The first-order valence-electron chi connectivity index (χ1n) is 4.97. The van der Waals surface area contributed by atoms with Crippen molar-refractivity contribution in [3.05, 3.63) is 29.3 Å². The zero-order valence-electron chi connectivity index (χ0n) is 9.10. The number of nitrogen functional groups attached to an aromatic ring is 1. The van der Waals surface area contributed by atoms with Crippen LogP contribution in [0.1, 0.15) is 15.9 Å². The van der Waals surface area contributed by atoms with E-state index in [4.69, 9.17) is 15.9 Å². The fourth-order valence-electron chi connectivity index (χ4n) is 1.20. The van der Waals surface area contributed by atoms with E-state index in [1.165, 1.54) is 0 Å². The lowest BCUT2D eigenvalue weighted by Gasteiger charge is -2.13. The van der Waals surface area contributed by atoms with E-state index in [1.54, 1.807) is 18.2 Å². The van der Waals surface area contributed by atoms with E-state index in [9.17, 15) is 4.79 Å². The molecular weight excluding hydrogens is 208 g/mol. The highest BCUT2D eigenvalue weighted by molar-refractivity contribution is 5.95. The van der Waals surface area contributed by atoms with Crippen molar-refractivity contribution in [1.29, 1.82) is 0 Å². The van der Waals surface area contributed by atoms with Gasteiger partial charge in [0.05, 0.1) is 19.3 Å². The zero-order chi connectivity index (χ0) is 12.1. The van der Waals surface area contributed by atoms with Gasteiger partial charge in [-0.25, -0.2) is 0 Å². The average Bonchev–Trinajstić information content (AvgIpc) is 2.29. The van der Waals surface area contributed by atoms with Gasteiger partial charge >= 0.3 is 0 Å². The minimum absolute atomic E-state index is 0.302. The van der Waals surface area contributed by atoms with E-state index < -0.39 is 6.04 Å². The number of nitrogens with two attached hydrogens (primary N) is 1. The number of aliphatic hydroxyl groups excluding tert-OH is 2. The molecule has 1 aromatic rings. The number of amides is 1. The Morgan fingerprint density at radius 3 is 2.56 bits per heavy atom. The van der Waals surface area contributed by atoms with Crippen LogP contribution in [0.2, 0.25) is 0 Å². The normalized spacial score (nSPS) is 10.5. The van der Waals surface area contributed by atoms with Crippen molar-refractivity contribution in [2.45, 2.75) is 13.0 Å². The van der Waals surface area contributed by atoms with Crippen LogP contribution in [-0.4, -0.2) is 35.4 Å². The highest BCUT2D eigenvalue weighted by Crippen LogP contribution is 2.12. The molecule has 0 saturated carbocycles. The van der Waals surface area contributed by atoms with Crippen LogP contribution >= 0.6 is 0 Å². The van der Waals surface area contributed by atoms with Gasteiger partial charge in [0.1, 0.15) is 0 Å². The summed E-state index contributed by atoms with van der Waals surface area (Å²) in [7, 11) is 0. The quantitative estimate of drug-likeness (QED) is 0.526. The topological polar surface area (TPSA) is 95.6 Å². The Morgan fingerprint density at radius 2 is 2.06 bits per heavy atom. The smallest absolute Gasteiger partial charge is 0.251 e. The van der Waals surface area contributed by atoms with Gasteiger partial charge < -0.3 is 21.3 Å². The Kier molecular flexibility index (Phi) is 4.28. The Hall–Kier alpha value is -1.59. The maximum atomic E-state index is 11.6. The molecule has 1 aromatic carbocycles. The van der Waals surface area contributed by atoms with E-state index in [0.717, 1.165) is 5.56 Å². The molecule has 0 radical (unpaired) electrons. The van der Waals surface area contributed by atoms with Crippen LogP contribution < -0.4 is 11.1 Å². The molecule has 0 bridgehead atoms. The number of carbonyl (C=O) groups is 1. The molecule has 16 heavy (non-hydrogen) atoms. The summed E-state index contributed by atoms with van der Waals surface area (Å²) in [6, 6.07) is 4.32. The minimum Gasteiger partial charge on any atom is -0.398 e. The number of rotatable bonds is 4. The van der Waals surface area contributed by atoms with Gasteiger partial charge in [-0.2, -0.15) is 0 Å². The molecule has 0 saturated heterocycles. The van der Waals surface area contributed by atoms with E-state index >= 15 is 0 Å². The van der Waals surface area contributed by atoms with Crippen LogP contribution in [0.5, 0.6) is 0 Å². The summed E-state index contributed by atoms with van der Waals surface area (Å²) in [6.45, 7) is 1.24. The second-order valence-corrected chi connectivity index (χ2v) is 3.61. The van der Waals surface area contributed by atoms with Crippen molar-refractivity contribution >= 4 is 11.6 Å². The van der Waals surface area contributed by atoms with Gasteiger partial charge in [0.25, 0.3) is 5.91 Å². The molecule has 88 valence electrons. The number of aliphatic hydroxyl groups is 2. The molecule has 5 N–H and O–H groups in total. The first-order valence-corrected chi connectivity index (χ1v) is 4.97. The molecule has 1 amide bonds. The summed E-state index contributed by atoms with van der Waals surface area (Å²) < 4.78 is 0. The summed E-state index contributed by atoms with van der Waals surface area (Å²) in [6.07, 6.45) is 0. The predicted octanol–water partition coefficient (Wildman–Crippen LogP) is -0.340. The number of aryl methyl sites for hydroxylation is 1. The van der Waals surface area contributed by atoms with Crippen molar-refractivity contribution in [3.63, 3.8) is 0 Å². The van der Waals surface area contributed by atoms with E-state index in [2.05, 4.69) is 5.32 Å². The first-order chi connectivity index (χ1) is 7.58. The van der Waals surface area contributed by atoms with Crippen molar-refractivity contribution < 1.29 is 15.0 Å². The fourth-order valence-corrected chi connectivity index (χ4v) is 1.20. The van der Waals surface area contributed by atoms with E-state index in [1.807, 2.05) is 6.92 Å². The van der Waals surface area contributed by atoms with Crippen LogP contribution in [0.15, 0.2) is 18.2 Å². The molecule has 1 rings (SSSR count). The Balaban J connectivity index is 2.76. The van der Waals surface area contributed by atoms with Gasteiger partial charge in [-0.3, -0.25) is 4.79 Å². The SMILES string of the molecule is Cc1ccc(C(=O)NC(CO)CO)cc1N. The fraction of sp³-hybridized carbons (Fsp3) is 0.364. The average molecular weight is 224 g/mol. The highest BCUT2D eigenvalue weighted by Gasteiger charge is 2.12. The Morgan fingerprint density at radius 1 is 1.44 bits per heavy atom. The summed E-state index contributed by atoms with van der Waals surface area (Å²) in [5, 5.41) is 20.1. The van der Waals surface area contributed by atoms with Crippen molar-refractivity contribution in [2.75, 3.05) is 18.9 Å². The molecule has 0 aliphatic heterocycles. The van der Waals surface area contributed by atoms with Crippen molar-refractivity contribution in [3.8, 4) is 0 Å². The molecule has 0 fully saturated rings. The van der Waals surface area contributed by atoms with Crippen molar-refractivity contribution in [1.82, 2.24) is 5.32 Å².